The van der Waals surface area contributed by atoms with Crippen molar-refractivity contribution < 1.29 is 24.2 Å². The summed E-state index contributed by atoms with van der Waals surface area (Å²) in [6.07, 6.45) is -1.28. The van der Waals surface area contributed by atoms with Gasteiger partial charge < -0.3 is 15.2 Å². The number of H-pyrrole nitrogens is 1. The summed E-state index contributed by atoms with van der Waals surface area (Å²) >= 11 is 3.29. The number of aromatic nitrogens is 2. The van der Waals surface area contributed by atoms with Crippen LogP contribution in [0, 0.1) is 5.82 Å². The molecule has 160 valence electrons. The fourth-order valence-corrected chi connectivity index (χ4v) is 4.32. The quantitative estimate of drug-likeness (QED) is 0.335. The van der Waals surface area contributed by atoms with Crippen molar-refractivity contribution in [1.82, 2.24) is 9.97 Å². The molecule has 1 aliphatic heterocycles. The van der Waals surface area contributed by atoms with Crippen LogP contribution < -0.4 is 10.2 Å². The van der Waals surface area contributed by atoms with Crippen LogP contribution in [-0.2, 0) is 5.72 Å². The highest BCUT2D eigenvalue weighted by Crippen LogP contribution is 2.46. The van der Waals surface area contributed by atoms with Gasteiger partial charge in [-0.25, -0.2) is 14.2 Å². The minimum absolute atomic E-state index is 0.00873. The Hall–Kier alpha value is -3.76. The van der Waals surface area contributed by atoms with E-state index in [4.69, 9.17) is 5.11 Å². The van der Waals surface area contributed by atoms with Crippen LogP contribution in [0.3, 0.4) is 0 Å². The first-order valence-corrected chi connectivity index (χ1v) is 10.2. The standard InChI is InChI=1S/C22H14BrFN4O4/c23-12-6-7-15(24)18(10-12)28-19(29)13-3-1-2-4-14(13)22(28,32)11-5-8-16-17(9-11)26-20(25-16)27-21(30)31/h1-10,32H,(H,30,31)(H2,25,26,27). The van der Waals surface area contributed by atoms with Crippen LogP contribution in [0.4, 0.5) is 20.8 Å². The van der Waals surface area contributed by atoms with E-state index in [0.29, 0.717) is 21.1 Å². The number of halogens is 2. The molecule has 0 fully saturated rings. The fourth-order valence-electron chi connectivity index (χ4n) is 3.97. The van der Waals surface area contributed by atoms with Crippen LogP contribution >= 0.6 is 15.9 Å². The predicted molar refractivity (Wildman–Crippen MR) is 118 cm³/mol. The number of imidazole rings is 1. The highest BCUT2D eigenvalue weighted by molar-refractivity contribution is 9.10. The van der Waals surface area contributed by atoms with Gasteiger partial charge in [-0.05, 0) is 36.4 Å². The minimum atomic E-state index is -2.02. The van der Waals surface area contributed by atoms with Crippen molar-refractivity contribution in [3.05, 3.63) is 87.6 Å². The molecule has 0 saturated carbocycles. The molecule has 1 aromatic heterocycles. The number of carbonyl (C=O) groups excluding carboxylic acids is 1. The molecule has 0 radical (unpaired) electrons. The van der Waals surface area contributed by atoms with Crippen molar-refractivity contribution >= 4 is 50.6 Å². The first kappa shape index (κ1) is 20.2. The van der Waals surface area contributed by atoms with Crippen molar-refractivity contribution in [3.63, 3.8) is 0 Å². The van der Waals surface area contributed by atoms with E-state index in [-0.39, 0.29) is 22.8 Å². The summed E-state index contributed by atoms with van der Waals surface area (Å²) in [5, 5.41) is 23.0. The minimum Gasteiger partial charge on any atom is -0.465 e. The van der Waals surface area contributed by atoms with Gasteiger partial charge >= 0.3 is 6.09 Å². The van der Waals surface area contributed by atoms with E-state index in [1.807, 2.05) is 0 Å². The largest absolute Gasteiger partial charge is 0.465 e. The van der Waals surface area contributed by atoms with E-state index in [0.717, 1.165) is 4.90 Å². The first-order chi connectivity index (χ1) is 15.3. The number of carboxylic acid groups (broad SMARTS) is 1. The van der Waals surface area contributed by atoms with Crippen LogP contribution in [0.2, 0.25) is 0 Å². The van der Waals surface area contributed by atoms with Gasteiger partial charge in [0.1, 0.15) is 5.82 Å². The summed E-state index contributed by atoms with van der Waals surface area (Å²) in [6, 6.07) is 15.3. The maximum absolute atomic E-state index is 14.8. The number of amides is 2. The third kappa shape index (κ3) is 2.95. The Bertz CT molecular complexity index is 1420. The lowest BCUT2D eigenvalue weighted by Crippen LogP contribution is -2.45. The van der Waals surface area contributed by atoms with Gasteiger partial charge in [0, 0.05) is 21.2 Å². The molecule has 2 amide bonds. The average Bonchev–Trinajstić information content (AvgIpc) is 3.26. The van der Waals surface area contributed by atoms with Gasteiger partial charge in [0.2, 0.25) is 5.95 Å². The molecule has 1 atom stereocenters. The summed E-state index contributed by atoms with van der Waals surface area (Å²) in [5.74, 6) is -1.23. The van der Waals surface area contributed by atoms with Crippen molar-refractivity contribution in [2.24, 2.45) is 0 Å². The Kier molecular flexibility index (Phi) is 4.50. The van der Waals surface area contributed by atoms with Crippen LogP contribution in [0.1, 0.15) is 21.5 Å². The number of hydrogen-bond acceptors (Lipinski definition) is 4. The van der Waals surface area contributed by atoms with Gasteiger partial charge in [0.15, 0.2) is 5.72 Å². The fraction of sp³-hybridized carbons (Fsp3) is 0.0455. The second-order valence-electron chi connectivity index (χ2n) is 7.20. The van der Waals surface area contributed by atoms with Crippen LogP contribution in [-0.4, -0.2) is 32.2 Å². The average molecular weight is 497 g/mol. The van der Waals surface area contributed by atoms with Gasteiger partial charge in [-0.15, -0.1) is 0 Å². The number of nitrogens with one attached hydrogen (secondary N) is 2. The number of aliphatic hydroxyl groups is 1. The van der Waals surface area contributed by atoms with E-state index in [2.05, 4.69) is 31.2 Å². The molecule has 32 heavy (non-hydrogen) atoms. The molecule has 10 heteroatoms. The summed E-state index contributed by atoms with van der Waals surface area (Å²) in [5.41, 5.74) is -0.437. The predicted octanol–water partition coefficient (Wildman–Crippen LogP) is 4.41. The zero-order chi connectivity index (χ0) is 22.6. The summed E-state index contributed by atoms with van der Waals surface area (Å²) in [4.78, 5) is 32.2. The number of anilines is 2. The highest BCUT2D eigenvalue weighted by Gasteiger charge is 2.51. The molecule has 4 aromatic rings. The van der Waals surface area contributed by atoms with Gasteiger partial charge in [-0.1, -0.05) is 40.2 Å². The van der Waals surface area contributed by atoms with Gasteiger partial charge in [-0.3, -0.25) is 15.0 Å². The summed E-state index contributed by atoms with van der Waals surface area (Å²) in [6.45, 7) is 0. The van der Waals surface area contributed by atoms with Crippen LogP contribution in [0.15, 0.2) is 65.1 Å². The molecule has 0 spiro atoms. The van der Waals surface area contributed by atoms with Crippen molar-refractivity contribution in [3.8, 4) is 0 Å². The van der Waals surface area contributed by atoms with Crippen molar-refractivity contribution in [1.29, 1.82) is 0 Å². The third-order valence-corrected chi connectivity index (χ3v) is 5.81. The van der Waals surface area contributed by atoms with Crippen LogP contribution in [0.25, 0.3) is 11.0 Å². The molecular weight excluding hydrogens is 483 g/mol. The van der Waals surface area contributed by atoms with E-state index in [1.165, 1.54) is 18.2 Å². The van der Waals surface area contributed by atoms with E-state index >= 15 is 0 Å². The summed E-state index contributed by atoms with van der Waals surface area (Å²) in [7, 11) is 0. The number of nitrogens with zero attached hydrogens (tertiary/aromatic N) is 2. The molecule has 3 aromatic carbocycles. The zero-order valence-electron chi connectivity index (χ0n) is 16.1. The van der Waals surface area contributed by atoms with Gasteiger partial charge in [0.25, 0.3) is 5.91 Å². The lowest BCUT2D eigenvalue weighted by Gasteiger charge is -2.35. The third-order valence-electron chi connectivity index (χ3n) is 5.32. The van der Waals surface area contributed by atoms with E-state index in [9.17, 15) is 19.1 Å². The topological polar surface area (TPSA) is 119 Å². The SMILES string of the molecule is O=C(O)Nc1nc2ccc(C3(O)c4ccccc4C(=O)N3c3cc(Br)ccc3F)cc2[nH]1. The molecule has 0 saturated heterocycles. The molecule has 8 nitrogen and oxygen atoms in total. The molecular formula is C22H14BrFN4O4. The number of hydrogen-bond donors (Lipinski definition) is 4. The molecule has 1 unspecified atom stereocenters. The molecule has 2 heterocycles. The lowest BCUT2D eigenvalue weighted by molar-refractivity contribution is 0.0699. The number of benzene rings is 3. The Morgan fingerprint density at radius 3 is 2.72 bits per heavy atom. The van der Waals surface area contributed by atoms with E-state index in [1.54, 1.807) is 42.5 Å². The Morgan fingerprint density at radius 1 is 1.16 bits per heavy atom. The number of carbonyl (C=O) groups is 2. The second kappa shape index (κ2) is 7.14. The van der Waals surface area contributed by atoms with E-state index < -0.39 is 23.5 Å². The smallest absolute Gasteiger partial charge is 0.411 e. The number of aromatic amines is 1. The summed E-state index contributed by atoms with van der Waals surface area (Å²) < 4.78 is 15.4. The maximum atomic E-state index is 14.8. The molecule has 0 aliphatic carbocycles. The molecule has 4 N–H and O–H groups in total. The lowest BCUT2D eigenvalue weighted by atomic mass is 9.93. The zero-order valence-corrected chi connectivity index (χ0v) is 17.7. The van der Waals surface area contributed by atoms with Crippen molar-refractivity contribution in [2.75, 3.05) is 10.2 Å². The van der Waals surface area contributed by atoms with Crippen molar-refractivity contribution in [2.45, 2.75) is 5.72 Å². The monoisotopic (exact) mass is 496 g/mol. The maximum Gasteiger partial charge on any atom is 0.411 e. The highest BCUT2D eigenvalue weighted by atomic mass is 79.9. The Balaban J connectivity index is 1.74. The Morgan fingerprint density at radius 2 is 1.94 bits per heavy atom. The molecule has 5 rings (SSSR count). The normalized spacial score (nSPS) is 17.6. The van der Waals surface area contributed by atoms with Gasteiger partial charge in [0.05, 0.1) is 16.7 Å². The second-order valence-corrected chi connectivity index (χ2v) is 8.12. The number of fused-ring (bicyclic) bond motifs is 2. The Labute approximate surface area is 188 Å². The molecule has 1 aliphatic rings. The number of rotatable bonds is 3. The molecule has 0 bridgehead atoms. The van der Waals surface area contributed by atoms with Crippen LogP contribution in [0.5, 0.6) is 0 Å². The van der Waals surface area contributed by atoms with Gasteiger partial charge in [-0.2, -0.15) is 0 Å². The first-order valence-electron chi connectivity index (χ1n) is 9.40.